The Balaban J connectivity index is 1.62. The lowest BCUT2D eigenvalue weighted by Gasteiger charge is -2.22. The van der Waals surface area contributed by atoms with E-state index in [1.54, 1.807) is 12.1 Å². The zero-order valence-electron chi connectivity index (χ0n) is 12.9. The summed E-state index contributed by atoms with van der Waals surface area (Å²) in [5.74, 6) is 0.222. The highest BCUT2D eigenvalue weighted by Crippen LogP contribution is 2.16. The molecule has 0 N–H and O–H groups in total. The second-order valence-electron chi connectivity index (χ2n) is 6.03. The number of benzene rings is 1. The van der Waals surface area contributed by atoms with Gasteiger partial charge in [0.1, 0.15) is 5.82 Å². The number of aryl methyl sites for hydroxylation is 1. The molecule has 4 nitrogen and oxygen atoms in total. The van der Waals surface area contributed by atoms with Crippen LogP contribution in [0, 0.1) is 11.7 Å². The van der Waals surface area contributed by atoms with Gasteiger partial charge >= 0.3 is 0 Å². The van der Waals surface area contributed by atoms with E-state index in [0.29, 0.717) is 5.92 Å². The van der Waals surface area contributed by atoms with Crippen LogP contribution in [0.4, 0.5) is 4.39 Å². The molecule has 1 fully saturated rings. The normalized spacial score (nSPS) is 20.0. The van der Waals surface area contributed by atoms with E-state index in [1.165, 1.54) is 11.6 Å². The number of nitrogens with zero attached hydrogens (tertiary/aromatic N) is 3. The molecule has 22 heavy (non-hydrogen) atoms. The quantitative estimate of drug-likeness (QED) is 0.868. The maximum Gasteiger partial charge on any atom is 0.123 e. The average molecular weight is 303 g/mol. The number of hydrogen-bond donors (Lipinski definition) is 0. The van der Waals surface area contributed by atoms with Gasteiger partial charge in [0.25, 0.3) is 0 Å². The second kappa shape index (κ2) is 7.03. The molecule has 1 atom stereocenters. The minimum absolute atomic E-state index is 0.167. The first kappa shape index (κ1) is 15.2. The third-order valence-corrected chi connectivity index (χ3v) is 4.00. The molecule has 5 heteroatoms. The highest BCUT2D eigenvalue weighted by atomic mass is 19.1. The van der Waals surface area contributed by atoms with Crippen molar-refractivity contribution in [2.45, 2.75) is 13.0 Å². The van der Waals surface area contributed by atoms with Crippen LogP contribution in [0.25, 0.3) is 0 Å². The van der Waals surface area contributed by atoms with E-state index >= 15 is 0 Å². The number of aromatic nitrogens is 2. The fourth-order valence-corrected chi connectivity index (χ4v) is 3.03. The van der Waals surface area contributed by atoms with E-state index < -0.39 is 0 Å². The Morgan fingerprint density at radius 3 is 3.05 bits per heavy atom. The fraction of sp³-hybridized carbons (Fsp3) is 0.471. The fourth-order valence-electron chi connectivity index (χ4n) is 3.03. The second-order valence-corrected chi connectivity index (χ2v) is 6.03. The van der Waals surface area contributed by atoms with Crippen molar-refractivity contribution in [2.24, 2.45) is 13.0 Å². The van der Waals surface area contributed by atoms with Gasteiger partial charge in [0.15, 0.2) is 0 Å². The van der Waals surface area contributed by atoms with Gasteiger partial charge in [0.05, 0.1) is 19.4 Å². The summed E-state index contributed by atoms with van der Waals surface area (Å²) in [7, 11) is 1.93. The van der Waals surface area contributed by atoms with Crippen LogP contribution in [0.2, 0.25) is 0 Å². The van der Waals surface area contributed by atoms with Gasteiger partial charge in [-0.1, -0.05) is 12.1 Å². The van der Waals surface area contributed by atoms with Crippen molar-refractivity contribution in [1.29, 1.82) is 0 Å². The zero-order chi connectivity index (χ0) is 15.4. The van der Waals surface area contributed by atoms with Crippen molar-refractivity contribution >= 4 is 0 Å². The topological polar surface area (TPSA) is 30.3 Å². The summed E-state index contributed by atoms with van der Waals surface area (Å²) in [5.41, 5.74) is 2.26. The third-order valence-electron chi connectivity index (χ3n) is 4.00. The summed E-state index contributed by atoms with van der Waals surface area (Å²) >= 11 is 0. The van der Waals surface area contributed by atoms with Crippen molar-refractivity contribution in [3.05, 3.63) is 53.6 Å². The Bertz CT molecular complexity index is 613. The van der Waals surface area contributed by atoms with Crippen LogP contribution < -0.4 is 0 Å². The SMILES string of the molecule is Cn1cc(CN2CCOC[C@H](Cc3cccc(F)c3)C2)cn1. The molecular weight excluding hydrogens is 281 g/mol. The Kier molecular flexibility index (Phi) is 4.85. The van der Waals surface area contributed by atoms with Crippen LogP contribution in [0.15, 0.2) is 36.7 Å². The first-order valence-corrected chi connectivity index (χ1v) is 7.71. The molecule has 3 rings (SSSR count). The van der Waals surface area contributed by atoms with Gasteiger partial charge in [-0.15, -0.1) is 0 Å². The van der Waals surface area contributed by atoms with Crippen molar-refractivity contribution < 1.29 is 9.13 Å². The predicted molar refractivity (Wildman–Crippen MR) is 82.9 cm³/mol. The molecule has 0 unspecified atom stereocenters. The van der Waals surface area contributed by atoms with Crippen LogP contribution in [-0.2, 0) is 24.8 Å². The number of halogens is 1. The summed E-state index contributed by atoms with van der Waals surface area (Å²) in [5, 5.41) is 4.22. The van der Waals surface area contributed by atoms with Gasteiger partial charge in [0.2, 0.25) is 0 Å². The minimum Gasteiger partial charge on any atom is -0.380 e. The Morgan fingerprint density at radius 2 is 2.27 bits per heavy atom. The number of hydrogen-bond acceptors (Lipinski definition) is 3. The molecule has 118 valence electrons. The van der Waals surface area contributed by atoms with E-state index in [0.717, 1.165) is 44.8 Å². The van der Waals surface area contributed by atoms with E-state index in [-0.39, 0.29) is 5.82 Å². The maximum atomic E-state index is 13.3. The van der Waals surface area contributed by atoms with Crippen LogP contribution in [0.3, 0.4) is 0 Å². The van der Waals surface area contributed by atoms with E-state index in [4.69, 9.17) is 4.74 Å². The summed E-state index contributed by atoms with van der Waals surface area (Å²) in [6.45, 7) is 4.26. The van der Waals surface area contributed by atoms with Gasteiger partial charge in [-0.05, 0) is 30.0 Å². The minimum atomic E-state index is -0.167. The number of ether oxygens (including phenoxy) is 1. The molecule has 0 radical (unpaired) electrons. The molecule has 0 saturated carbocycles. The number of rotatable bonds is 4. The summed E-state index contributed by atoms with van der Waals surface area (Å²) in [6, 6.07) is 6.87. The van der Waals surface area contributed by atoms with Crippen LogP contribution in [0.1, 0.15) is 11.1 Å². The standard InChI is InChI=1S/C17H22FN3O/c1-20-10-16(9-19-20)12-21-5-6-22-13-15(11-21)7-14-3-2-4-17(18)8-14/h2-4,8-10,15H,5-7,11-13H2,1H3/t15-/m1/s1. The third kappa shape index (κ3) is 4.15. The summed E-state index contributed by atoms with van der Waals surface area (Å²) in [4.78, 5) is 2.40. The van der Waals surface area contributed by atoms with Crippen molar-refractivity contribution in [3.8, 4) is 0 Å². The largest absolute Gasteiger partial charge is 0.380 e. The van der Waals surface area contributed by atoms with Crippen LogP contribution in [-0.4, -0.2) is 41.0 Å². The van der Waals surface area contributed by atoms with E-state index in [2.05, 4.69) is 10.00 Å². The first-order chi connectivity index (χ1) is 10.7. The monoisotopic (exact) mass is 303 g/mol. The first-order valence-electron chi connectivity index (χ1n) is 7.71. The molecule has 2 aromatic rings. The molecule has 1 saturated heterocycles. The lowest BCUT2D eigenvalue weighted by Crippen LogP contribution is -2.30. The molecule has 0 bridgehead atoms. The predicted octanol–water partition coefficient (Wildman–Crippen LogP) is 2.25. The highest BCUT2D eigenvalue weighted by molar-refractivity contribution is 5.17. The van der Waals surface area contributed by atoms with Crippen molar-refractivity contribution in [1.82, 2.24) is 14.7 Å². The molecule has 1 aromatic heterocycles. The molecule has 1 aromatic carbocycles. The summed E-state index contributed by atoms with van der Waals surface area (Å²) in [6.07, 6.45) is 4.81. The average Bonchev–Trinajstić information content (AvgIpc) is 2.75. The molecular formula is C17H22FN3O. The van der Waals surface area contributed by atoms with Crippen LogP contribution in [0.5, 0.6) is 0 Å². The molecule has 0 amide bonds. The van der Waals surface area contributed by atoms with Gasteiger partial charge in [-0.25, -0.2) is 4.39 Å². The van der Waals surface area contributed by atoms with Crippen LogP contribution >= 0.6 is 0 Å². The van der Waals surface area contributed by atoms with Gasteiger partial charge in [-0.3, -0.25) is 9.58 Å². The highest BCUT2D eigenvalue weighted by Gasteiger charge is 2.19. The Labute approximate surface area is 130 Å². The lowest BCUT2D eigenvalue weighted by atomic mass is 9.99. The smallest absolute Gasteiger partial charge is 0.123 e. The maximum absolute atomic E-state index is 13.3. The Morgan fingerprint density at radius 1 is 1.36 bits per heavy atom. The molecule has 0 spiro atoms. The molecule has 0 aliphatic carbocycles. The van der Waals surface area contributed by atoms with Gasteiger partial charge in [-0.2, -0.15) is 5.10 Å². The molecule has 1 aliphatic rings. The lowest BCUT2D eigenvalue weighted by molar-refractivity contribution is 0.121. The Hall–Kier alpha value is -1.72. The van der Waals surface area contributed by atoms with E-state index in [1.807, 2.05) is 30.2 Å². The van der Waals surface area contributed by atoms with Gasteiger partial charge in [0, 0.05) is 38.4 Å². The summed E-state index contributed by atoms with van der Waals surface area (Å²) < 4.78 is 20.9. The van der Waals surface area contributed by atoms with Crippen molar-refractivity contribution in [3.63, 3.8) is 0 Å². The molecule has 1 aliphatic heterocycles. The zero-order valence-corrected chi connectivity index (χ0v) is 12.9. The van der Waals surface area contributed by atoms with Gasteiger partial charge < -0.3 is 4.74 Å². The molecule has 2 heterocycles. The van der Waals surface area contributed by atoms with E-state index in [9.17, 15) is 4.39 Å². The van der Waals surface area contributed by atoms with Crippen molar-refractivity contribution in [2.75, 3.05) is 26.3 Å².